The van der Waals surface area contributed by atoms with Crippen molar-refractivity contribution in [3.05, 3.63) is 0 Å². The molecule has 0 radical (unpaired) electrons. The van der Waals surface area contributed by atoms with E-state index in [0.717, 1.165) is 19.5 Å². The first-order chi connectivity index (χ1) is 6.99. The van der Waals surface area contributed by atoms with Crippen LogP contribution in [0.2, 0.25) is 0 Å². The van der Waals surface area contributed by atoms with Gasteiger partial charge in [0.25, 0.3) is 0 Å². The van der Waals surface area contributed by atoms with Gasteiger partial charge >= 0.3 is 0 Å². The van der Waals surface area contributed by atoms with Crippen molar-refractivity contribution in [1.82, 2.24) is 10.2 Å². The van der Waals surface area contributed by atoms with Crippen LogP contribution < -0.4 is 5.32 Å². The van der Waals surface area contributed by atoms with Crippen molar-refractivity contribution in [2.75, 3.05) is 13.1 Å². The third-order valence-electron chi connectivity index (χ3n) is 2.30. The first-order valence-electron chi connectivity index (χ1n) is 6.01. The van der Waals surface area contributed by atoms with E-state index in [9.17, 15) is 4.79 Å². The Balaban J connectivity index is 3.92. The fourth-order valence-electron chi connectivity index (χ4n) is 1.52. The van der Waals surface area contributed by atoms with Crippen LogP contribution in [0.5, 0.6) is 0 Å². The predicted octanol–water partition coefficient (Wildman–Crippen LogP) is 2.02. The van der Waals surface area contributed by atoms with Crippen LogP contribution in [0, 0.1) is 0 Å². The first kappa shape index (κ1) is 14.4. The summed E-state index contributed by atoms with van der Waals surface area (Å²) in [6, 6.07) is 0.771. The Morgan fingerprint density at radius 3 is 2.27 bits per heavy atom. The molecule has 1 amide bonds. The van der Waals surface area contributed by atoms with Crippen LogP contribution in [0.4, 0.5) is 0 Å². The van der Waals surface area contributed by atoms with E-state index in [0.29, 0.717) is 18.5 Å². The van der Waals surface area contributed by atoms with Gasteiger partial charge in [-0.2, -0.15) is 0 Å². The SMILES string of the molecule is CCCN(C(=O)CCNC(C)C)C(C)C. The topological polar surface area (TPSA) is 32.3 Å². The molecule has 0 aromatic heterocycles. The molecule has 0 saturated heterocycles. The molecule has 0 fully saturated rings. The lowest BCUT2D eigenvalue weighted by atomic mass is 10.2. The van der Waals surface area contributed by atoms with E-state index in [-0.39, 0.29) is 5.91 Å². The summed E-state index contributed by atoms with van der Waals surface area (Å²) in [5.41, 5.74) is 0. The number of carbonyl (C=O) groups excluding carboxylic acids is 1. The minimum atomic E-state index is 0.264. The van der Waals surface area contributed by atoms with Crippen LogP contribution in [-0.4, -0.2) is 36.0 Å². The molecule has 90 valence electrons. The molecular formula is C12H26N2O. The van der Waals surface area contributed by atoms with Gasteiger partial charge in [-0.05, 0) is 20.3 Å². The lowest BCUT2D eigenvalue weighted by Gasteiger charge is -2.26. The van der Waals surface area contributed by atoms with Gasteiger partial charge < -0.3 is 10.2 Å². The Hall–Kier alpha value is -0.570. The predicted molar refractivity (Wildman–Crippen MR) is 64.9 cm³/mol. The van der Waals surface area contributed by atoms with E-state index in [1.165, 1.54) is 0 Å². The summed E-state index contributed by atoms with van der Waals surface area (Å²) in [6.45, 7) is 12.1. The molecule has 0 saturated carbocycles. The molecule has 0 aliphatic heterocycles. The third-order valence-corrected chi connectivity index (χ3v) is 2.30. The molecule has 0 aliphatic rings. The molecule has 1 N–H and O–H groups in total. The number of rotatable bonds is 7. The van der Waals surface area contributed by atoms with Gasteiger partial charge in [-0.15, -0.1) is 0 Å². The fourth-order valence-corrected chi connectivity index (χ4v) is 1.52. The quantitative estimate of drug-likeness (QED) is 0.703. The van der Waals surface area contributed by atoms with Crippen molar-refractivity contribution >= 4 is 5.91 Å². The Kier molecular flexibility index (Phi) is 7.39. The summed E-state index contributed by atoms with van der Waals surface area (Å²) in [5, 5.41) is 3.26. The molecule has 15 heavy (non-hydrogen) atoms. The maximum Gasteiger partial charge on any atom is 0.224 e. The molecule has 3 heteroatoms. The number of amides is 1. The Morgan fingerprint density at radius 2 is 1.87 bits per heavy atom. The zero-order valence-electron chi connectivity index (χ0n) is 10.8. The minimum absolute atomic E-state index is 0.264. The van der Waals surface area contributed by atoms with Crippen molar-refractivity contribution in [2.24, 2.45) is 0 Å². The van der Waals surface area contributed by atoms with Gasteiger partial charge in [-0.3, -0.25) is 4.79 Å². The zero-order valence-corrected chi connectivity index (χ0v) is 10.8. The van der Waals surface area contributed by atoms with Gasteiger partial charge in [-0.25, -0.2) is 0 Å². The number of nitrogens with zero attached hydrogens (tertiary/aromatic N) is 1. The highest BCUT2D eigenvalue weighted by Crippen LogP contribution is 2.02. The molecule has 0 aliphatic carbocycles. The highest BCUT2D eigenvalue weighted by Gasteiger charge is 2.14. The second-order valence-corrected chi connectivity index (χ2v) is 4.54. The van der Waals surface area contributed by atoms with Crippen LogP contribution in [0.25, 0.3) is 0 Å². The standard InChI is InChI=1S/C12H26N2O/c1-6-9-14(11(4)5)12(15)7-8-13-10(2)3/h10-11,13H,6-9H2,1-5H3. The molecular weight excluding hydrogens is 188 g/mol. The molecule has 0 unspecified atom stereocenters. The molecule has 0 aromatic rings. The van der Waals surface area contributed by atoms with Crippen molar-refractivity contribution < 1.29 is 4.79 Å². The highest BCUT2D eigenvalue weighted by molar-refractivity contribution is 5.76. The van der Waals surface area contributed by atoms with Crippen molar-refractivity contribution in [1.29, 1.82) is 0 Å². The maximum atomic E-state index is 11.8. The van der Waals surface area contributed by atoms with Crippen molar-refractivity contribution in [3.8, 4) is 0 Å². The van der Waals surface area contributed by atoms with Gasteiger partial charge in [0, 0.05) is 31.6 Å². The number of carbonyl (C=O) groups is 1. The summed E-state index contributed by atoms with van der Waals surface area (Å²) in [4.78, 5) is 13.8. The molecule has 0 bridgehead atoms. The van der Waals surface area contributed by atoms with Crippen molar-refractivity contribution in [2.45, 2.75) is 59.5 Å². The molecule has 0 heterocycles. The van der Waals surface area contributed by atoms with Gasteiger partial charge in [0.15, 0.2) is 0 Å². The van der Waals surface area contributed by atoms with E-state index in [1.54, 1.807) is 0 Å². The molecule has 0 atom stereocenters. The number of nitrogens with one attached hydrogen (secondary N) is 1. The maximum absolute atomic E-state index is 11.8. The highest BCUT2D eigenvalue weighted by atomic mass is 16.2. The summed E-state index contributed by atoms with van der Waals surface area (Å²) in [7, 11) is 0. The lowest BCUT2D eigenvalue weighted by Crippen LogP contribution is -2.39. The van der Waals surface area contributed by atoms with E-state index < -0.39 is 0 Å². The third kappa shape index (κ3) is 6.50. The number of hydrogen-bond acceptors (Lipinski definition) is 2. The van der Waals surface area contributed by atoms with Crippen LogP contribution >= 0.6 is 0 Å². The van der Waals surface area contributed by atoms with Crippen LogP contribution in [0.1, 0.15) is 47.5 Å². The van der Waals surface area contributed by atoms with Gasteiger partial charge in [0.05, 0.1) is 0 Å². The average Bonchev–Trinajstić information content (AvgIpc) is 2.12. The average molecular weight is 214 g/mol. The van der Waals surface area contributed by atoms with Gasteiger partial charge in [0.2, 0.25) is 5.91 Å². The second-order valence-electron chi connectivity index (χ2n) is 4.54. The van der Waals surface area contributed by atoms with E-state index in [2.05, 4.69) is 39.9 Å². The van der Waals surface area contributed by atoms with Gasteiger partial charge in [0.1, 0.15) is 0 Å². The lowest BCUT2D eigenvalue weighted by molar-refractivity contribution is -0.132. The molecule has 0 spiro atoms. The summed E-state index contributed by atoms with van der Waals surface area (Å²) in [6.07, 6.45) is 1.64. The monoisotopic (exact) mass is 214 g/mol. The summed E-state index contributed by atoms with van der Waals surface area (Å²) >= 11 is 0. The first-order valence-corrected chi connectivity index (χ1v) is 6.01. The largest absolute Gasteiger partial charge is 0.340 e. The van der Waals surface area contributed by atoms with Crippen LogP contribution in [0.3, 0.4) is 0 Å². The minimum Gasteiger partial charge on any atom is -0.340 e. The molecule has 0 aromatic carbocycles. The van der Waals surface area contributed by atoms with E-state index >= 15 is 0 Å². The van der Waals surface area contributed by atoms with Crippen LogP contribution in [-0.2, 0) is 4.79 Å². The van der Waals surface area contributed by atoms with Crippen LogP contribution in [0.15, 0.2) is 0 Å². The molecule has 3 nitrogen and oxygen atoms in total. The van der Waals surface area contributed by atoms with E-state index in [1.807, 2.05) is 4.90 Å². The van der Waals surface area contributed by atoms with Gasteiger partial charge in [-0.1, -0.05) is 20.8 Å². The number of hydrogen-bond donors (Lipinski definition) is 1. The Morgan fingerprint density at radius 1 is 1.27 bits per heavy atom. The summed E-state index contributed by atoms with van der Waals surface area (Å²) < 4.78 is 0. The second kappa shape index (κ2) is 7.69. The smallest absolute Gasteiger partial charge is 0.224 e. The van der Waals surface area contributed by atoms with Crippen molar-refractivity contribution in [3.63, 3.8) is 0 Å². The summed E-state index contributed by atoms with van der Waals surface area (Å²) in [5.74, 6) is 0.264. The van der Waals surface area contributed by atoms with E-state index in [4.69, 9.17) is 0 Å². The Bertz CT molecular complexity index is 178. The fraction of sp³-hybridized carbons (Fsp3) is 0.917. The Labute approximate surface area is 94.2 Å². The normalized spacial score (nSPS) is 11.1. The molecule has 0 rings (SSSR count). The zero-order chi connectivity index (χ0) is 11.8.